The Bertz CT molecular complexity index is 1270. The van der Waals surface area contributed by atoms with Gasteiger partial charge in [0.15, 0.2) is 0 Å². The van der Waals surface area contributed by atoms with Gasteiger partial charge in [-0.15, -0.1) is 0 Å². The highest BCUT2D eigenvalue weighted by molar-refractivity contribution is 8.00. The molecule has 2 aliphatic heterocycles. The van der Waals surface area contributed by atoms with E-state index in [1.807, 2.05) is 60.3 Å². The fraction of sp³-hybridized carbons (Fsp3) is 0.433. The molecule has 0 bridgehead atoms. The molecule has 2 aromatic rings. The van der Waals surface area contributed by atoms with Crippen molar-refractivity contribution in [3.8, 4) is 11.8 Å². The first-order chi connectivity index (χ1) is 19.1. The molecule has 9 heteroatoms. The van der Waals surface area contributed by atoms with Crippen molar-refractivity contribution in [1.29, 1.82) is 0 Å². The Labute approximate surface area is 233 Å². The third-order valence-electron chi connectivity index (χ3n) is 7.33. The summed E-state index contributed by atoms with van der Waals surface area (Å²) in [4.78, 5) is 36.1. The molecule has 0 spiro atoms. The maximum Gasteiger partial charge on any atom is 0.315 e. The number of urea groups is 1. The third-order valence-corrected chi connectivity index (χ3v) is 8.84. The molecule has 39 heavy (non-hydrogen) atoms. The van der Waals surface area contributed by atoms with Crippen molar-refractivity contribution in [3.05, 3.63) is 70.8 Å². The molecular formula is C30H34N4O4S. The predicted octanol–water partition coefficient (Wildman–Crippen LogP) is 2.66. The summed E-state index contributed by atoms with van der Waals surface area (Å²) in [6.07, 6.45) is 3.55. The molecule has 0 saturated carbocycles. The number of benzene rings is 2. The Morgan fingerprint density at radius 3 is 2.56 bits per heavy atom. The highest BCUT2D eigenvalue weighted by Crippen LogP contribution is 2.33. The predicted molar refractivity (Wildman–Crippen MR) is 151 cm³/mol. The summed E-state index contributed by atoms with van der Waals surface area (Å²) in [6.45, 7) is 0.650. The van der Waals surface area contributed by atoms with Gasteiger partial charge in [0, 0.05) is 48.1 Å². The molecule has 2 aromatic carbocycles. The average molecular weight is 547 g/mol. The Morgan fingerprint density at radius 1 is 0.949 bits per heavy atom. The maximum atomic E-state index is 12.5. The van der Waals surface area contributed by atoms with E-state index >= 15 is 0 Å². The van der Waals surface area contributed by atoms with Crippen LogP contribution in [-0.2, 0) is 20.7 Å². The molecule has 3 aliphatic rings. The molecular weight excluding hydrogens is 512 g/mol. The van der Waals surface area contributed by atoms with Gasteiger partial charge in [0.05, 0.1) is 18.2 Å². The second kappa shape index (κ2) is 13.0. The molecule has 2 heterocycles. The maximum absolute atomic E-state index is 12.5. The highest BCUT2D eigenvalue weighted by atomic mass is 32.2. The number of carbonyl (C=O) groups excluding carboxylic acids is 3. The third kappa shape index (κ3) is 7.14. The van der Waals surface area contributed by atoms with Crippen molar-refractivity contribution in [3.63, 3.8) is 0 Å². The van der Waals surface area contributed by atoms with Gasteiger partial charge in [-0.2, -0.15) is 11.8 Å². The zero-order valence-electron chi connectivity index (χ0n) is 21.8. The monoisotopic (exact) mass is 546 g/mol. The summed E-state index contributed by atoms with van der Waals surface area (Å²) >= 11 is 1.89. The van der Waals surface area contributed by atoms with Crippen LogP contribution in [0.15, 0.2) is 48.5 Å². The topological polar surface area (TPSA) is 109 Å². The normalized spacial score (nSPS) is 22.5. The van der Waals surface area contributed by atoms with Crippen molar-refractivity contribution in [2.75, 3.05) is 25.4 Å². The van der Waals surface area contributed by atoms with E-state index in [4.69, 9.17) is 4.74 Å². The standard InChI is InChI=1S/C30H34N4O4S/c35-27(12-6-5-11-26-29-24(19-39-26)33-30(37)34-29)31-15-16-32-28(36)18-38-25-17-22-9-2-1-7-20(22)13-14-21-8-3-4-10-23(21)25/h1-4,7-10,24-26,29H,5-6,11-12,15-19H2,(H,31,35)(H,32,36)(H2,33,34,37)/t24-,25?,26-,29-/m0/s1. The van der Waals surface area contributed by atoms with Crippen LogP contribution in [0.2, 0.25) is 0 Å². The lowest BCUT2D eigenvalue weighted by Crippen LogP contribution is -2.37. The van der Waals surface area contributed by atoms with Crippen molar-refractivity contribution in [1.82, 2.24) is 21.3 Å². The van der Waals surface area contributed by atoms with Crippen LogP contribution >= 0.6 is 11.8 Å². The van der Waals surface area contributed by atoms with Crippen LogP contribution in [0, 0.1) is 11.8 Å². The van der Waals surface area contributed by atoms with E-state index in [1.54, 1.807) is 0 Å². The number of amides is 4. The number of thioether (sulfide) groups is 1. The second-order valence-electron chi connectivity index (χ2n) is 10.1. The Hall–Kier alpha value is -3.48. The van der Waals surface area contributed by atoms with Gasteiger partial charge in [0.25, 0.3) is 0 Å². The van der Waals surface area contributed by atoms with E-state index in [1.165, 1.54) is 0 Å². The van der Waals surface area contributed by atoms with Gasteiger partial charge in [-0.3, -0.25) is 9.59 Å². The van der Waals surface area contributed by atoms with E-state index in [0.717, 1.165) is 47.3 Å². The molecule has 1 unspecified atom stereocenters. The summed E-state index contributed by atoms with van der Waals surface area (Å²) in [5.41, 5.74) is 3.97. The van der Waals surface area contributed by atoms with E-state index < -0.39 is 0 Å². The zero-order chi connectivity index (χ0) is 27.0. The number of rotatable bonds is 11. The lowest BCUT2D eigenvalue weighted by Gasteiger charge is -2.21. The van der Waals surface area contributed by atoms with Crippen molar-refractivity contribution in [2.24, 2.45) is 0 Å². The number of carbonyl (C=O) groups is 3. The molecule has 8 nitrogen and oxygen atoms in total. The van der Waals surface area contributed by atoms with Crippen LogP contribution < -0.4 is 21.3 Å². The second-order valence-corrected chi connectivity index (χ2v) is 11.3. The Balaban J connectivity index is 0.984. The fourth-order valence-corrected chi connectivity index (χ4v) is 6.84. The lowest BCUT2D eigenvalue weighted by molar-refractivity contribution is -0.128. The average Bonchev–Trinajstić information content (AvgIpc) is 3.49. The van der Waals surface area contributed by atoms with Crippen molar-refractivity contribution in [2.45, 2.75) is 55.5 Å². The molecule has 204 valence electrons. The molecule has 0 radical (unpaired) electrons. The first-order valence-electron chi connectivity index (χ1n) is 13.6. The summed E-state index contributed by atoms with van der Waals surface area (Å²) in [5, 5.41) is 12.1. The summed E-state index contributed by atoms with van der Waals surface area (Å²) < 4.78 is 6.09. The lowest BCUT2D eigenvalue weighted by atomic mass is 9.92. The molecule has 4 atom stereocenters. The summed E-state index contributed by atoms with van der Waals surface area (Å²) in [5.74, 6) is 7.21. The highest BCUT2D eigenvalue weighted by Gasteiger charge is 2.42. The van der Waals surface area contributed by atoms with Crippen molar-refractivity contribution < 1.29 is 19.1 Å². The van der Waals surface area contributed by atoms with Gasteiger partial charge in [-0.1, -0.05) is 54.7 Å². The van der Waals surface area contributed by atoms with Crippen LogP contribution in [0.3, 0.4) is 0 Å². The van der Waals surface area contributed by atoms with Crippen LogP contribution in [0.4, 0.5) is 4.79 Å². The first-order valence-corrected chi connectivity index (χ1v) is 14.6. The van der Waals surface area contributed by atoms with Crippen LogP contribution in [0.25, 0.3) is 0 Å². The number of unbranched alkanes of at least 4 members (excludes halogenated alkanes) is 1. The van der Waals surface area contributed by atoms with Gasteiger partial charge in [-0.25, -0.2) is 4.79 Å². The largest absolute Gasteiger partial charge is 0.363 e. The van der Waals surface area contributed by atoms with Gasteiger partial charge in [0.1, 0.15) is 6.61 Å². The van der Waals surface area contributed by atoms with E-state index in [2.05, 4.69) is 33.1 Å². The van der Waals surface area contributed by atoms with Crippen LogP contribution in [0.5, 0.6) is 0 Å². The fourth-order valence-electron chi connectivity index (χ4n) is 5.30. The van der Waals surface area contributed by atoms with E-state index in [-0.39, 0.29) is 42.6 Å². The minimum absolute atomic E-state index is 0.0146. The Morgan fingerprint density at radius 2 is 1.69 bits per heavy atom. The van der Waals surface area contributed by atoms with E-state index in [9.17, 15) is 14.4 Å². The minimum Gasteiger partial charge on any atom is -0.363 e. The quantitative estimate of drug-likeness (QED) is 0.197. The molecule has 2 fully saturated rings. The molecule has 4 amide bonds. The molecule has 0 aromatic heterocycles. The molecule has 5 rings (SSSR count). The number of nitrogens with one attached hydrogen (secondary N) is 4. The number of hydrogen-bond donors (Lipinski definition) is 4. The number of hydrogen-bond acceptors (Lipinski definition) is 5. The Kier molecular flexibility index (Phi) is 9.07. The zero-order valence-corrected chi connectivity index (χ0v) is 22.6. The van der Waals surface area contributed by atoms with Gasteiger partial charge in [-0.05, 0) is 36.1 Å². The van der Waals surface area contributed by atoms with Crippen molar-refractivity contribution >= 4 is 29.6 Å². The number of ether oxygens (including phenoxy) is 1. The van der Waals surface area contributed by atoms with Gasteiger partial charge in [0.2, 0.25) is 11.8 Å². The first kappa shape index (κ1) is 27.1. The minimum atomic E-state index is -0.280. The van der Waals surface area contributed by atoms with E-state index in [0.29, 0.717) is 31.2 Å². The molecule has 4 N–H and O–H groups in total. The summed E-state index contributed by atoms with van der Waals surface area (Å²) in [6, 6.07) is 16.3. The SMILES string of the molecule is O=C(CCCC[C@@H]1SC[C@@H]2NC(=O)N[C@@H]21)NCCNC(=O)COC1Cc2ccccc2C#Cc2ccccc21. The molecule has 2 saturated heterocycles. The van der Waals surface area contributed by atoms with Crippen LogP contribution in [-0.4, -0.2) is 60.6 Å². The van der Waals surface area contributed by atoms with Gasteiger partial charge < -0.3 is 26.0 Å². The van der Waals surface area contributed by atoms with Gasteiger partial charge >= 0.3 is 6.03 Å². The van der Waals surface area contributed by atoms with Crippen LogP contribution in [0.1, 0.15) is 54.0 Å². The smallest absolute Gasteiger partial charge is 0.315 e. The molecule has 1 aliphatic carbocycles. The summed E-state index contributed by atoms with van der Waals surface area (Å²) in [7, 11) is 0. The number of fused-ring (bicyclic) bond motifs is 3.